The molecule has 0 saturated carbocycles. The lowest BCUT2D eigenvalue weighted by molar-refractivity contribution is -0.171. The van der Waals surface area contributed by atoms with Gasteiger partial charge in [0.05, 0.1) is 18.1 Å². The van der Waals surface area contributed by atoms with Gasteiger partial charge in [-0.05, 0) is 47.0 Å². The molecule has 0 radical (unpaired) electrons. The predicted octanol–water partition coefficient (Wildman–Crippen LogP) is 1.72. The fourth-order valence-electron chi connectivity index (χ4n) is 2.84. The summed E-state index contributed by atoms with van der Waals surface area (Å²) in [4.78, 5) is 51.4. The summed E-state index contributed by atoms with van der Waals surface area (Å²) in [5.74, 6) is -5.51. The number of carbonyl (C=O) groups excluding carboxylic acids is 4. The summed E-state index contributed by atoms with van der Waals surface area (Å²) in [6.07, 6.45) is 0.991. The van der Waals surface area contributed by atoms with Crippen LogP contribution in [0.2, 0.25) is 0 Å². The molecule has 0 aromatic carbocycles. The van der Waals surface area contributed by atoms with E-state index in [-0.39, 0.29) is 6.42 Å². The van der Waals surface area contributed by atoms with Gasteiger partial charge in [-0.25, -0.2) is 0 Å². The summed E-state index contributed by atoms with van der Waals surface area (Å²) in [5, 5.41) is 0. The van der Waals surface area contributed by atoms with Gasteiger partial charge in [-0.15, -0.1) is 0 Å². The standard InChI is InChI=1S/C18H29NO6/c1-6-13(15(20)16(21)19-9-7-8-10-19)14(17(22)24-11(2)3)18(23)25-12(4)5/h11-14H,6-10H2,1-5H3/t13-/m1/s1. The van der Waals surface area contributed by atoms with Crippen LogP contribution >= 0.6 is 0 Å². The number of ether oxygens (including phenoxy) is 2. The molecule has 0 N–H and O–H groups in total. The van der Waals surface area contributed by atoms with Crippen LogP contribution in [0.25, 0.3) is 0 Å². The number of hydrogen-bond donors (Lipinski definition) is 0. The van der Waals surface area contributed by atoms with E-state index in [1.807, 2.05) is 0 Å². The maximum Gasteiger partial charge on any atom is 0.321 e. The number of carbonyl (C=O) groups is 4. The highest BCUT2D eigenvalue weighted by Crippen LogP contribution is 2.24. The third kappa shape index (κ3) is 5.83. The Morgan fingerprint density at radius 1 is 0.880 bits per heavy atom. The number of likely N-dealkylation sites (tertiary alicyclic amines) is 1. The van der Waals surface area contributed by atoms with Crippen molar-refractivity contribution in [3.8, 4) is 0 Å². The molecule has 0 aliphatic carbocycles. The summed E-state index contributed by atoms with van der Waals surface area (Å²) in [7, 11) is 0. The zero-order valence-electron chi connectivity index (χ0n) is 15.7. The van der Waals surface area contributed by atoms with E-state index in [9.17, 15) is 19.2 Å². The first-order chi connectivity index (χ1) is 11.7. The van der Waals surface area contributed by atoms with E-state index in [0.29, 0.717) is 13.1 Å². The Labute approximate surface area is 149 Å². The van der Waals surface area contributed by atoms with Gasteiger partial charge in [0.2, 0.25) is 5.78 Å². The van der Waals surface area contributed by atoms with Crippen molar-refractivity contribution in [2.75, 3.05) is 13.1 Å². The van der Waals surface area contributed by atoms with Crippen LogP contribution in [-0.4, -0.2) is 53.8 Å². The molecule has 1 heterocycles. The lowest BCUT2D eigenvalue weighted by atomic mass is 9.85. The number of ketones is 1. The van der Waals surface area contributed by atoms with Gasteiger partial charge in [-0.2, -0.15) is 0 Å². The van der Waals surface area contributed by atoms with E-state index in [2.05, 4.69) is 0 Å². The second-order valence-electron chi connectivity index (χ2n) is 6.83. The van der Waals surface area contributed by atoms with Crippen molar-refractivity contribution in [1.82, 2.24) is 4.90 Å². The quantitative estimate of drug-likeness (QED) is 0.374. The molecule has 1 atom stereocenters. The first kappa shape index (κ1) is 21.1. The molecule has 1 aliphatic heterocycles. The van der Waals surface area contributed by atoms with E-state index in [0.717, 1.165) is 12.8 Å². The monoisotopic (exact) mass is 355 g/mol. The van der Waals surface area contributed by atoms with Crippen molar-refractivity contribution in [3.05, 3.63) is 0 Å². The van der Waals surface area contributed by atoms with Crippen LogP contribution in [0.1, 0.15) is 53.9 Å². The SMILES string of the molecule is CC[C@@H](C(=O)C(=O)N1CCCC1)C(C(=O)OC(C)C)C(=O)OC(C)C. The van der Waals surface area contributed by atoms with Gasteiger partial charge < -0.3 is 14.4 Å². The van der Waals surface area contributed by atoms with Crippen molar-refractivity contribution in [1.29, 1.82) is 0 Å². The number of amides is 1. The average molecular weight is 355 g/mol. The minimum atomic E-state index is -1.42. The molecule has 25 heavy (non-hydrogen) atoms. The topological polar surface area (TPSA) is 90.0 Å². The maximum absolute atomic E-state index is 12.7. The summed E-state index contributed by atoms with van der Waals surface area (Å²) >= 11 is 0. The first-order valence-corrected chi connectivity index (χ1v) is 8.93. The third-order valence-electron chi connectivity index (χ3n) is 3.99. The van der Waals surface area contributed by atoms with Crippen LogP contribution in [0.15, 0.2) is 0 Å². The molecule has 0 aromatic rings. The van der Waals surface area contributed by atoms with Gasteiger partial charge in [0.25, 0.3) is 5.91 Å². The predicted molar refractivity (Wildman–Crippen MR) is 90.5 cm³/mol. The Hall–Kier alpha value is -1.92. The van der Waals surface area contributed by atoms with Gasteiger partial charge in [0.15, 0.2) is 5.92 Å². The van der Waals surface area contributed by atoms with Gasteiger partial charge in [0, 0.05) is 13.1 Å². The smallest absolute Gasteiger partial charge is 0.321 e. The van der Waals surface area contributed by atoms with Crippen LogP contribution in [0.5, 0.6) is 0 Å². The van der Waals surface area contributed by atoms with E-state index >= 15 is 0 Å². The zero-order chi connectivity index (χ0) is 19.1. The molecule has 1 saturated heterocycles. The number of nitrogens with zero attached hydrogens (tertiary/aromatic N) is 1. The van der Waals surface area contributed by atoms with E-state index < -0.39 is 47.7 Å². The van der Waals surface area contributed by atoms with Crippen molar-refractivity contribution < 1.29 is 28.7 Å². The number of Topliss-reactive ketones (excluding diaryl/α,β-unsaturated/α-hetero) is 1. The van der Waals surface area contributed by atoms with E-state index in [4.69, 9.17) is 9.47 Å². The van der Waals surface area contributed by atoms with Gasteiger partial charge in [0.1, 0.15) is 0 Å². The minimum absolute atomic E-state index is 0.170. The Bertz CT molecular complexity index is 486. The highest BCUT2D eigenvalue weighted by atomic mass is 16.6. The van der Waals surface area contributed by atoms with Crippen LogP contribution in [0.4, 0.5) is 0 Å². The Morgan fingerprint density at radius 2 is 1.32 bits per heavy atom. The molecule has 1 fully saturated rings. The van der Waals surface area contributed by atoms with Crippen molar-refractivity contribution >= 4 is 23.6 Å². The maximum atomic E-state index is 12.7. The highest BCUT2D eigenvalue weighted by Gasteiger charge is 2.44. The summed E-state index contributed by atoms with van der Waals surface area (Å²) < 4.78 is 10.3. The molecule has 1 amide bonds. The molecular weight excluding hydrogens is 326 g/mol. The molecule has 1 rings (SSSR count). The minimum Gasteiger partial charge on any atom is -0.462 e. The second kappa shape index (κ2) is 9.53. The van der Waals surface area contributed by atoms with Crippen molar-refractivity contribution in [2.45, 2.75) is 66.1 Å². The Balaban J connectivity index is 3.05. The molecule has 7 heteroatoms. The third-order valence-corrected chi connectivity index (χ3v) is 3.99. The number of hydrogen-bond acceptors (Lipinski definition) is 6. The van der Waals surface area contributed by atoms with Crippen LogP contribution in [-0.2, 0) is 28.7 Å². The van der Waals surface area contributed by atoms with Crippen LogP contribution in [0, 0.1) is 11.8 Å². The molecule has 1 aliphatic rings. The molecule has 0 aromatic heterocycles. The lowest BCUT2D eigenvalue weighted by Crippen LogP contribution is -2.45. The Kier molecular flexibility index (Phi) is 8.06. The van der Waals surface area contributed by atoms with Crippen LogP contribution in [0.3, 0.4) is 0 Å². The van der Waals surface area contributed by atoms with Crippen molar-refractivity contribution in [2.24, 2.45) is 11.8 Å². The summed E-state index contributed by atoms with van der Waals surface area (Å²) in [6.45, 7) is 9.33. The molecular formula is C18H29NO6. The second-order valence-corrected chi connectivity index (χ2v) is 6.83. The zero-order valence-corrected chi connectivity index (χ0v) is 15.7. The van der Waals surface area contributed by atoms with E-state index in [1.165, 1.54) is 4.90 Å². The molecule has 0 bridgehead atoms. The first-order valence-electron chi connectivity index (χ1n) is 8.93. The molecule has 7 nitrogen and oxygen atoms in total. The number of esters is 2. The van der Waals surface area contributed by atoms with Gasteiger partial charge >= 0.3 is 11.9 Å². The van der Waals surface area contributed by atoms with E-state index in [1.54, 1.807) is 34.6 Å². The highest BCUT2D eigenvalue weighted by molar-refractivity contribution is 6.37. The fraction of sp³-hybridized carbons (Fsp3) is 0.778. The average Bonchev–Trinajstić information content (AvgIpc) is 3.03. The normalized spacial score (nSPS) is 15.6. The lowest BCUT2D eigenvalue weighted by Gasteiger charge is -2.25. The van der Waals surface area contributed by atoms with Gasteiger partial charge in [-0.3, -0.25) is 19.2 Å². The fourth-order valence-corrected chi connectivity index (χ4v) is 2.84. The van der Waals surface area contributed by atoms with Crippen LogP contribution < -0.4 is 0 Å². The number of rotatable bonds is 8. The Morgan fingerprint density at radius 3 is 1.68 bits per heavy atom. The summed E-state index contributed by atoms with van der Waals surface area (Å²) in [6, 6.07) is 0. The van der Waals surface area contributed by atoms with Gasteiger partial charge in [-0.1, -0.05) is 6.92 Å². The summed E-state index contributed by atoms with van der Waals surface area (Å²) in [5.41, 5.74) is 0. The molecule has 142 valence electrons. The largest absolute Gasteiger partial charge is 0.462 e. The molecule has 0 unspecified atom stereocenters. The van der Waals surface area contributed by atoms with Crippen molar-refractivity contribution in [3.63, 3.8) is 0 Å². The molecule has 0 spiro atoms.